The van der Waals surface area contributed by atoms with Crippen molar-refractivity contribution in [3.8, 4) is 28.7 Å². The topological polar surface area (TPSA) is 102 Å². The second kappa shape index (κ2) is 11.1. The lowest BCUT2D eigenvalue weighted by atomic mass is 9.99. The van der Waals surface area contributed by atoms with Gasteiger partial charge in [-0.3, -0.25) is 20.0 Å². The number of carbonyl (C=O) groups is 1. The third-order valence-electron chi connectivity index (χ3n) is 4.97. The van der Waals surface area contributed by atoms with Gasteiger partial charge >= 0.3 is 0 Å². The van der Waals surface area contributed by atoms with Gasteiger partial charge in [0, 0.05) is 30.4 Å². The number of ether oxygens (including phenoxy) is 2. The van der Waals surface area contributed by atoms with E-state index in [9.17, 15) is 13.6 Å². The Morgan fingerprint density at radius 1 is 1.26 bits per heavy atom. The van der Waals surface area contributed by atoms with Crippen LogP contribution in [0.2, 0.25) is 0 Å². The van der Waals surface area contributed by atoms with Crippen LogP contribution in [0.5, 0.6) is 5.75 Å². The molecule has 0 unspecified atom stereocenters. The summed E-state index contributed by atoms with van der Waals surface area (Å²) in [5.41, 5.74) is 2.15. The van der Waals surface area contributed by atoms with Gasteiger partial charge in [-0.15, -0.1) is 10.2 Å². The molecule has 3 aromatic heterocycles. The van der Waals surface area contributed by atoms with Crippen LogP contribution in [-0.4, -0.2) is 70.9 Å². The van der Waals surface area contributed by atoms with Gasteiger partial charge in [-0.05, 0) is 18.1 Å². The SMILES string of the molecule is COc1cnc(C(F)F)cc1-c1cc(C#CCN2CCOCC2)ncc1C(=O)Nc1nncs1. The fourth-order valence-corrected chi connectivity index (χ4v) is 3.71. The maximum absolute atomic E-state index is 13.4. The molecule has 0 aromatic carbocycles. The Morgan fingerprint density at radius 2 is 2.09 bits per heavy atom. The second-order valence-electron chi connectivity index (χ2n) is 7.11. The van der Waals surface area contributed by atoms with Gasteiger partial charge in [-0.25, -0.2) is 13.8 Å². The molecule has 1 saturated heterocycles. The van der Waals surface area contributed by atoms with Crippen molar-refractivity contribution in [2.45, 2.75) is 6.43 Å². The van der Waals surface area contributed by atoms with Gasteiger partial charge in [0.2, 0.25) is 5.13 Å². The molecule has 176 valence electrons. The molecule has 0 spiro atoms. The number of aromatic nitrogens is 4. The zero-order valence-electron chi connectivity index (χ0n) is 18.1. The first kappa shape index (κ1) is 23.6. The van der Waals surface area contributed by atoms with Crippen LogP contribution in [0.15, 0.2) is 30.0 Å². The molecule has 1 aliphatic heterocycles. The standard InChI is InChI=1S/C22H20F2N6O3S/c1-32-19-12-26-18(20(23)24)10-16(19)15-9-14(3-2-4-30-5-7-33-8-6-30)25-11-17(15)21(31)28-22-29-27-13-34-22/h9-13,20H,4-8H2,1H3,(H,28,29,31). The highest BCUT2D eigenvalue weighted by atomic mass is 32.1. The molecule has 1 fully saturated rings. The average molecular weight is 487 g/mol. The van der Waals surface area contributed by atoms with Crippen LogP contribution in [0, 0.1) is 11.8 Å². The smallest absolute Gasteiger partial charge is 0.280 e. The molecule has 3 aromatic rings. The Balaban J connectivity index is 1.72. The summed E-state index contributed by atoms with van der Waals surface area (Å²) in [7, 11) is 1.40. The van der Waals surface area contributed by atoms with Crippen molar-refractivity contribution < 1.29 is 23.0 Å². The third-order valence-corrected chi connectivity index (χ3v) is 5.58. The quantitative estimate of drug-likeness (QED) is 0.531. The second-order valence-corrected chi connectivity index (χ2v) is 7.95. The average Bonchev–Trinajstić information content (AvgIpc) is 3.37. The molecule has 12 heteroatoms. The first-order chi connectivity index (χ1) is 16.5. The molecule has 4 heterocycles. The molecular weight excluding hydrogens is 466 g/mol. The largest absolute Gasteiger partial charge is 0.494 e. The summed E-state index contributed by atoms with van der Waals surface area (Å²) in [5.74, 6) is 5.76. The number of hydrogen-bond donors (Lipinski definition) is 1. The first-order valence-corrected chi connectivity index (χ1v) is 11.1. The van der Waals surface area contributed by atoms with E-state index in [1.54, 1.807) is 6.07 Å². The molecule has 0 atom stereocenters. The number of halogens is 2. The van der Waals surface area contributed by atoms with Gasteiger partial charge in [-0.2, -0.15) is 0 Å². The van der Waals surface area contributed by atoms with Crippen LogP contribution in [-0.2, 0) is 4.74 Å². The summed E-state index contributed by atoms with van der Waals surface area (Å²) in [6.07, 6.45) is -0.238. The zero-order chi connectivity index (χ0) is 23.9. The van der Waals surface area contributed by atoms with E-state index in [-0.39, 0.29) is 16.9 Å². The lowest BCUT2D eigenvalue weighted by molar-refractivity contribution is 0.0443. The molecule has 0 saturated carbocycles. The maximum Gasteiger partial charge on any atom is 0.280 e. The van der Waals surface area contributed by atoms with E-state index in [1.807, 2.05) is 0 Å². The molecule has 34 heavy (non-hydrogen) atoms. The van der Waals surface area contributed by atoms with Crippen LogP contribution in [0.1, 0.15) is 28.2 Å². The number of carbonyl (C=O) groups excluding carboxylic acids is 1. The van der Waals surface area contributed by atoms with Crippen LogP contribution in [0.4, 0.5) is 13.9 Å². The Kier molecular flexibility index (Phi) is 7.69. The van der Waals surface area contributed by atoms with Crippen LogP contribution < -0.4 is 10.1 Å². The predicted molar refractivity (Wildman–Crippen MR) is 121 cm³/mol. The summed E-state index contributed by atoms with van der Waals surface area (Å²) >= 11 is 1.15. The normalized spacial score (nSPS) is 13.9. The van der Waals surface area contributed by atoms with Gasteiger partial charge in [0.25, 0.3) is 12.3 Å². The van der Waals surface area contributed by atoms with Crippen LogP contribution in [0.3, 0.4) is 0 Å². The number of morpholine rings is 1. The van der Waals surface area contributed by atoms with E-state index in [4.69, 9.17) is 9.47 Å². The van der Waals surface area contributed by atoms with E-state index >= 15 is 0 Å². The molecule has 9 nitrogen and oxygen atoms in total. The van der Waals surface area contributed by atoms with Crippen molar-refractivity contribution in [3.05, 3.63) is 47.0 Å². The monoisotopic (exact) mass is 486 g/mol. The van der Waals surface area contributed by atoms with Crippen LogP contribution in [0.25, 0.3) is 11.1 Å². The van der Waals surface area contributed by atoms with Gasteiger partial charge in [0.15, 0.2) is 0 Å². The highest BCUT2D eigenvalue weighted by molar-refractivity contribution is 7.13. The number of methoxy groups -OCH3 is 1. The number of amides is 1. The van der Waals surface area contributed by atoms with Crippen molar-refractivity contribution in [2.24, 2.45) is 0 Å². The Bertz CT molecular complexity index is 1210. The molecule has 1 N–H and O–H groups in total. The van der Waals surface area contributed by atoms with Crippen LogP contribution >= 0.6 is 11.3 Å². The minimum absolute atomic E-state index is 0.138. The number of alkyl halides is 2. The predicted octanol–water partition coefficient (Wildman–Crippen LogP) is 2.88. The minimum Gasteiger partial charge on any atom is -0.494 e. The zero-order valence-corrected chi connectivity index (χ0v) is 18.9. The first-order valence-electron chi connectivity index (χ1n) is 10.2. The number of nitrogens with one attached hydrogen (secondary N) is 1. The fourth-order valence-electron chi connectivity index (χ4n) is 3.27. The van der Waals surface area contributed by atoms with E-state index in [0.29, 0.717) is 36.1 Å². The summed E-state index contributed by atoms with van der Waals surface area (Å²) in [6, 6.07) is 2.78. The van der Waals surface area contributed by atoms with E-state index < -0.39 is 18.0 Å². The Labute approximate surface area is 198 Å². The highest BCUT2D eigenvalue weighted by Gasteiger charge is 2.21. The number of nitrogens with zero attached hydrogens (tertiary/aromatic N) is 5. The number of hydrogen-bond acceptors (Lipinski definition) is 9. The molecule has 0 radical (unpaired) electrons. The third kappa shape index (κ3) is 5.69. The van der Waals surface area contributed by atoms with Crippen molar-refractivity contribution in [1.29, 1.82) is 0 Å². The fraction of sp³-hybridized carbons (Fsp3) is 0.318. The van der Waals surface area contributed by atoms with Gasteiger partial charge in [0.05, 0.1) is 38.6 Å². The number of anilines is 1. The van der Waals surface area contributed by atoms with Crippen molar-refractivity contribution in [2.75, 3.05) is 45.3 Å². The molecular formula is C22H20F2N6O3S. The summed E-state index contributed by atoms with van der Waals surface area (Å²) in [6.45, 7) is 3.45. The lowest BCUT2D eigenvalue weighted by Crippen LogP contribution is -2.36. The summed E-state index contributed by atoms with van der Waals surface area (Å²) in [4.78, 5) is 23.2. The Morgan fingerprint density at radius 3 is 2.79 bits per heavy atom. The van der Waals surface area contributed by atoms with Crippen molar-refractivity contribution in [3.63, 3.8) is 0 Å². The number of pyridine rings is 2. The molecule has 1 amide bonds. The van der Waals surface area contributed by atoms with E-state index in [1.165, 1.54) is 31.1 Å². The summed E-state index contributed by atoms with van der Waals surface area (Å²) < 4.78 is 37.4. The molecule has 0 aliphatic carbocycles. The Hall–Kier alpha value is -3.53. The van der Waals surface area contributed by atoms with Crippen molar-refractivity contribution in [1.82, 2.24) is 25.1 Å². The van der Waals surface area contributed by atoms with Gasteiger partial charge < -0.3 is 9.47 Å². The lowest BCUT2D eigenvalue weighted by Gasteiger charge is -2.24. The highest BCUT2D eigenvalue weighted by Crippen LogP contribution is 2.35. The maximum atomic E-state index is 13.4. The van der Waals surface area contributed by atoms with Crippen molar-refractivity contribution >= 4 is 22.4 Å². The minimum atomic E-state index is -2.79. The van der Waals surface area contributed by atoms with Gasteiger partial charge in [0.1, 0.15) is 22.6 Å². The number of rotatable bonds is 6. The summed E-state index contributed by atoms with van der Waals surface area (Å²) in [5, 5.41) is 10.4. The van der Waals surface area contributed by atoms with Gasteiger partial charge in [-0.1, -0.05) is 17.3 Å². The van der Waals surface area contributed by atoms with E-state index in [0.717, 1.165) is 24.4 Å². The molecule has 1 aliphatic rings. The molecule has 4 rings (SSSR count). The molecule has 0 bridgehead atoms. The van der Waals surface area contributed by atoms with E-state index in [2.05, 4.69) is 42.2 Å².